The van der Waals surface area contributed by atoms with Gasteiger partial charge in [0.1, 0.15) is 6.10 Å². The molecule has 3 aromatic heterocycles. The van der Waals surface area contributed by atoms with E-state index in [9.17, 15) is 18.0 Å². The molecule has 13 heteroatoms. The summed E-state index contributed by atoms with van der Waals surface area (Å²) < 4.78 is 51.4. The summed E-state index contributed by atoms with van der Waals surface area (Å²) >= 11 is 4.01. The number of nitrogens with zero attached hydrogens (tertiary/aromatic N) is 5. The van der Waals surface area contributed by atoms with Crippen LogP contribution in [0.2, 0.25) is 0 Å². The number of hydrogen-bond donors (Lipinski definition) is 0. The molecule has 1 atom stereocenters. The number of halogens is 4. The summed E-state index contributed by atoms with van der Waals surface area (Å²) in [6, 6.07) is 1.88. The van der Waals surface area contributed by atoms with E-state index >= 15 is 0 Å². The second-order valence-electron chi connectivity index (χ2n) is 7.47. The molecule has 0 aromatic carbocycles. The molecule has 3 heterocycles. The summed E-state index contributed by atoms with van der Waals surface area (Å²) in [5.74, 6) is -1.58. The number of rotatable bonds is 9. The molecule has 0 saturated carbocycles. The van der Waals surface area contributed by atoms with Crippen molar-refractivity contribution in [1.29, 1.82) is 0 Å². The first-order chi connectivity index (χ1) is 17.6. The molecule has 3 aromatic rings. The van der Waals surface area contributed by atoms with Crippen LogP contribution in [0.5, 0.6) is 5.88 Å². The van der Waals surface area contributed by atoms with Crippen molar-refractivity contribution in [2.45, 2.75) is 46.6 Å². The van der Waals surface area contributed by atoms with Crippen molar-refractivity contribution in [2.75, 3.05) is 20.2 Å². The zero-order valence-corrected chi connectivity index (χ0v) is 26.2. The molecule has 0 fully saturated rings. The Bertz CT molecular complexity index is 1170. The van der Waals surface area contributed by atoms with Crippen LogP contribution in [0.25, 0.3) is 28.2 Å². The van der Waals surface area contributed by atoms with Gasteiger partial charge >= 0.3 is 46.8 Å². The zero-order chi connectivity index (χ0) is 28.3. The first-order valence-corrected chi connectivity index (χ1v) is 18.6. The van der Waals surface area contributed by atoms with Crippen LogP contribution in [0.1, 0.15) is 39.0 Å². The molecule has 1 amide bonds. The van der Waals surface area contributed by atoms with Crippen LogP contribution < -0.4 is 9.72 Å². The second-order valence-corrected chi connectivity index (χ2v) is 7.47. The van der Waals surface area contributed by atoms with E-state index in [0.29, 0.717) is 33.2 Å². The summed E-state index contributed by atoms with van der Waals surface area (Å²) in [5, 5.41) is 5.25. The number of amides is 1. The summed E-state index contributed by atoms with van der Waals surface area (Å²) in [4.78, 5) is 21.0. The predicted octanol–water partition coefficient (Wildman–Crippen LogP) is 5.47. The van der Waals surface area contributed by atoms with E-state index in [4.69, 9.17) is 9.47 Å². The third kappa shape index (κ3) is 8.25. The maximum atomic E-state index is 12.9. The first-order valence-electron chi connectivity index (χ1n) is 11.4. The van der Waals surface area contributed by atoms with Gasteiger partial charge in [0.15, 0.2) is 0 Å². The number of ether oxygens (including phenoxy) is 2. The van der Waals surface area contributed by atoms with Crippen LogP contribution in [-0.4, -0.2) is 58.1 Å². The Balaban J connectivity index is 0.00000163. The van der Waals surface area contributed by atoms with Crippen LogP contribution in [0.15, 0.2) is 25.0 Å². The molecule has 0 spiro atoms. The normalized spacial score (nSPS) is 11.6. The van der Waals surface area contributed by atoms with Gasteiger partial charge in [-0.2, -0.15) is 18.3 Å². The number of carbonyl (C=O) groups is 1. The first kappa shape index (κ1) is 33.1. The van der Waals surface area contributed by atoms with Gasteiger partial charge in [-0.25, -0.2) is 4.68 Å². The van der Waals surface area contributed by atoms with Crippen molar-refractivity contribution >= 4 is 42.7 Å². The summed E-state index contributed by atoms with van der Waals surface area (Å²) in [7, 11) is 3.19. The van der Waals surface area contributed by atoms with Crippen molar-refractivity contribution in [3.8, 4) is 17.0 Å². The zero-order valence-electron chi connectivity index (χ0n) is 21.5. The average Bonchev–Trinajstić information content (AvgIpc) is 3.43. The van der Waals surface area contributed by atoms with E-state index in [1.54, 1.807) is 32.4 Å². The van der Waals surface area contributed by atoms with E-state index in [2.05, 4.69) is 41.3 Å². The maximum absolute atomic E-state index is 12.9. The number of fused-ring (bicyclic) bond motifs is 1. The molecule has 0 radical (unpaired) electrons. The van der Waals surface area contributed by atoms with Crippen molar-refractivity contribution in [3.05, 3.63) is 36.3 Å². The van der Waals surface area contributed by atoms with Crippen LogP contribution >= 0.6 is 19.7 Å². The van der Waals surface area contributed by atoms with Crippen LogP contribution in [0.4, 0.5) is 13.2 Å². The number of aromatic nitrogens is 4. The topological polar surface area (TPSA) is 83.6 Å². The summed E-state index contributed by atoms with van der Waals surface area (Å²) in [6.45, 7) is 10.7. The minimum atomic E-state index is -4.95. The van der Waals surface area contributed by atoms with Gasteiger partial charge in [-0.3, -0.25) is 4.79 Å². The van der Waals surface area contributed by atoms with Gasteiger partial charge in [-0.15, -0.1) is 0 Å². The third-order valence-corrected chi connectivity index (χ3v) is 5.06. The van der Waals surface area contributed by atoms with Crippen molar-refractivity contribution < 1.29 is 42.5 Å². The van der Waals surface area contributed by atoms with Crippen LogP contribution in [-0.2, 0) is 38.2 Å². The van der Waals surface area contributed by atoms with E-state index in [1.165, 1.54) is 18.7 Å². The quantitative estimate of drug-likeness (QED) is 0.267. The van der Waals surface area contributed by atoms with Crippen LogP contribution in [0, 0.1) is 0 Å². The van der Waals surface area contributed by atoms with Gasteiger partial charge < -0.3 is 24.3 Å². The molecule has 0 bridgehead atoms. The fourth-order valence-electron chi connectivity index (χ4n) is 3.57. The van der Waals surface area contributed by atoms with Gasteiger partial charge in [0.25, 0.3) is 0 Å². The van der Waals surface area contributed by atoms with Gasteiger partial charge in [-0.1, -0.05) is 44.5 Å². The minimum absolute atomic E-state index is 0.103. The SMILES string of the molecule is C=Cc1c[n-]c2ncc(-c3c(COC)nn(C)c3OC(C)CN(CC)C(=O)C(F)(F)F)cc12.CC.[I][Os]. The molecule has 0 aliphatic rings. The molecule has 1 unspecified atom stereocenters. The van der Waals surface area contributed by atoms with Crippen molar-refractivity contribution in [1.82, 2.24) is 24.6 Å². The molecule has 0 aliphatic carbocycles. The Morgan fingerprint density at radius 2 is 2.03 bits per heavy atom. The van der Waals surface area contributed by atoms with Crippen molar-refractivity contribution in [2.24, 2.45) is 7.05 Å². The fraction of sp³-hybridized carbons (Fsp3) is 0.458. The van der Waals surface area contributed by atoms with Crippen molar-refractivity contribution in [3.63, 3.8) is 0 Å². The van der Waals surface area contributed by atoms with E-state index in [-0.39, 0.29) is 19.7 Å². The standard InChI is InChI=1S/C22H25F3N5O3.C2H6.HI.Os/c1-6-14-9-26-19-16(14)8-15(10-27-19)18-17(12-32-5)28-29(4)20(18)33-13(3)11-30(7-2)21(31)22(23,24)25;1-2;;/h6,8-10,13H,1,7,11-12H2,2-5H3;1-2H3;1H;/q-1;;;+1/p-1. The number of methoxy groups -OCH3 is 1. The predicted molar refractivity (Wildman–Crippen MR) is 142 cm³/mol. The average molecular weight is 812 g/mol. The molecule has 8 nitrogen and oxygen atoms in total. The summed E-state index contributed by atoms with van der Waals surface area (Å²) in [6.07, 6.45) is -0.722. The Morgan fingerprint density at radius 1 is 1.38 bits per heavy atom. The summed E-state index contributed by atoms with van der Waals surface area (Å²) in [5.41, 5.74) is 3.23. The molecular formula is C24H31F3IN5O3Os-. The number of hydrogen-bond acceptors (Lipinski definition) is 5. The number of carbonyl (C=O) groups excluding carboxylic acids is 1. The van der Waals surface area contributed by atoms with Gasteiger partial charge in [0, 0.05) is 20.7 Å². The fourth-order valence-corrected chi connectivity index (χ4v) is 3.57. The molecule has 3 rings (SSSR count). The number of pyridine rings is 1. The number of aryl methyl sites for hydroxylation is 1. The molecular weight excluding hydrogens is 780 g/mol. The van der Waals surface area contributed by atoms with E-state index in [0.717, 1.165) is 10.9 Å². The molecule has 207 valence electrons. The Kier molecular flexibility index (Phi) is 13.8. The third-order valence-electron chi connectivity index (χ3n) is 5.06. The Morgan fingerprint density at radius 3 is 2.57 bits per heavy atom. The molecule has 0 aliphatic heterocycles. The Labute approximate surface area is 236 Å². The molecule has 0 N–H and O–H groups in total. The molecule has 0 saturated heterocycles. The van der Waals surface area contributed by atoms with Gasteiger partial charge in [-0.05, 0) is 36.4 Å². The van der Waals surface area contributed by atoms with E-state index < -0.39 is 18.2 Å². The van der Waals surface area contributed by atoms with Gasteiger partial charge in [0.2, 0.25) is 5.88 Å². The molecule has 37 heavy (non-hydrogen) atoms. The van der Waals surface area contributed by atoms with E-state index in [1.807, 2.05) is 35.0 Å². The number of alkyl halides is 3. The van der Waals surface area contributed by atoms with Crippen LogP contribution in [0.3, 0.4) is 0 Å². The monoisotopic (exact) mass is 813 g/mol. The Hall–Kier alpha value is -1.97. The second kappa shape index (κ2) is 15.4. The number of likely N-dealkylation sites (N-methyl/N-ethyl adjacent to an activating group) is 1. The van der Waals surface area contributed by atoms with Gasteiger partial charge in [0.05, 0.1) is 24.4 Å².